The van der Waals surface area contributed by atoms with Gasteiger partial charge in [0.2, 0.25) is 0 Å². The van der Waals surface area contributed by atoms with E-state index in [-0.39, 0.29) is 5.41 Å². The quantitative estimate of drug-likeness (QED) is 0.701. The molecule has 0 aliphatic heterocycles. The maximum Gasteiger partial charge on any atom is 0.0470 e. The predicted octanol–water partition coefficient (Wildman–Crippen LogP) is 4.61. The molecule has 1 nitrogen and oxygen atoms in total. The lowest BCUT2D eigenvalue weighted by atomic mass is 9.79. The Kier molecular flexibility index (Phi) is 2.59. The molecule has 0 amide bonds. The van der Waals surface area contributed by atoms with Gasteiger partial charge in [0.25, 0.3) is 0 Å². The fourth-order valence-corrected chi connectivity index (χ4v) is 3.69. The third-order valence-corrected chi connectivity index (χ3v) is 4.62. The Bertz CT molecular complexity index is 489. The summed E-state index contributed by atoms with van der Waals surface area (Å²) in [6, 6.07) is 0. The number of hydrogen-bond acceptors (Lipinski definition) is 1. The molecule has 98 valence electrons. The van der Waals surface area contributed by atoms with E-state index in [0.29, 0.717) is 5.92 Å². The van der Waals surface area contributed by atoms with Crippen molar-refractivity contribution in [2.75, 3.05) is 0 Å². The molecule has 0 bridgehead atoms. The number of rotatable bonds is 1. The lowest BCUT2D eigenvalue weighted by molar-refractivity contribution is 0.575. The first kappa shape index (κ1) is 12.2. The van der Waals surface area contributed by atoms with E-state index in [9.17, 15) is 0 Å². The van der Waals surface area contributed by atoms with Crippen molar-refractivity contribution >= 4 is 0 Å². The van der Waals surface area contributed by atoms with Crippen LogP contribution in [0.2, 0.25) is 0 Å². The van der Waals surface area contributed by atoms with Gasteiger partial charge in [0.1, 0.15) is 0 Å². The maximum atomic E-state index is 5.07. The number of nitrogens with zero attached hydrogens (tertiary/aromatic N) is 1. The smallest absolute Gasteiger partial charge is 0.0470 e. The van der Waals surface area contributed by atoms with E-state index in [0.717, 1.165) is 5.92 Å². The minimum Gasteiger partial charge on any atom is -0.257 e. The largest absolute Gasteiger partial charge is 0.257 e. The molecular weight excluding hydrogens is 218 g/mol. The van der Waals surface area contributed by atoms with Gasteiger partial charge in [-0.25, -0.2) is 0 Å². The van der Waals surface area contributed by atoms with Gasteiger partial charge in [-0.15, -0.1) is 0 Å². The maximum absolute atomic E-state index is 5.07. The van der Waals surface area contributed by atoms with Crippen molar-refractivity contribution in [2.24, 2.45) is 0 Å². The fraction of sp³-hybridized carbons (Fsp3) is 0.706. The second kappa shape index (κ2) is 3.82. The van der Waals surface area contributed by atoms with Crippen LogP contribution >= 0.6 is 0 Å². The molecule has 1 heteroatoms. The molecule has 3 rings (SSSR count). The van der Waals surface area contributed by atoms with E-state index >= 15 is 0 Å². The van der Waals surface area contributed by atoms with Gasteiger partial charge in [-0.2, -0.15) is 0 Å². The summed E-state index contributed by atoms with van der Waals surface area (Å²) in [5.41, 5.74) is 7.79. The third kappa shape index (κ3) is 1.79. The van der Waals surface area contributed by atoms with Gasteiger partial charge in [-0.1, -0.05) is 27.7 Å². The Morgan fingerprint density at radius 3 is 2.28 bits per heavy atom. The Morgan fingerprint density at radius 2 is 1.72 bits per heavy atom. The van der Waals surface area contributed by atoms with Gasteiger partial charge < -0.3 is 0 Å². The molecule has 1 atom stereocenters. The van der Waals surface area contributed by atoms with Crippen molar-refractivity contribution in [1.29, 1.82) is 0 Å². The Balaban J connectivity index is 2.25. The van der Waals surface area contributed by atoms with Crippen LogP contribution in [0.5, 0.6) is 0 Å². The molecule has 0 radical (unpaired) electrons. The highest BCUT2D eigenvalue weighted by atomic mass is 14.8. The topological polar surface area (TPSA) is 12.9 Å². The first-order valence-corrected chi connectivity index (χ1v) is 7.43. The van der Waals surface area contributed by atoms with Crippen LogP contribution in [0, 0.1) is 6.92 Å². The van der Waals surface area contributed by atoms with E-state index in [1.165, 1.54) is 42.6 Å². The first-order valence-electron chi connectivity index (χ1n) is 7.43. The molecule has 2 aliphatic carbocycles. The van der Waals surface area contributed by atoms with Crippen molar-refractivity contribution < 1.29 is 0 Å². The van der Waals surface area contributed by atoms with Gasteiger partial charge in [-0.3, -0.25) is 4.98 Å². The number of pyridine rings is 1. The molecule has 1 fully saturated rings. The van der Waals surface area contributed by atoms with Crippen LogP contribution in [-0.2, 0) is 11.8 Å². The highest BCUT2D eigenvalue weighted by molar-refractivity contribution is 5.48. The van der Waals surface area contributed by atoms with Crippen LogP contribution in [0.1, 0.15) is 86.9 Å². The SMILES string of the molecule is Cc1c(C2CC2)nc2c(c1C(C)(C)C)CCC2C. The normalized spacial score (nSPS) is 23.3. The zero-order chi connectivity index (χ0) is 13.1. The van der Waals surface area contributed by atoms with E-state index in [1.807, 2.05) is 0 Å². The minimum absolute atomic E-state index is 0.255. The van der Waals surface area contributed by atoms with Crippen LogP contribution in [0.25, 0.3) is 0 Å². The molecular formula is C17H25N. The summed E-state index contributed by atoms with van der Waals surface area (Å²) in [6.45, 7) is 11.7. The predicted molar refractivity (Wildman–Crippen MR) is 76.4 cm³/mol. The van der Waals surface area contributed by atoms with Crippen molar-refractivity contribution in [3.05, 3.63) is 28.1 Å². The van der Waals surface area contributed by atoms with Gasteiger partial charge in [0.05, 0.1) is 0 Å². The first-order chi connectivity index (χ1) is 8.39. The summed E-state index contributed by atoms with van der Waals surface area (Å²) in [4.78, 5) is 5.07. The number of fused-ring (bicyclic) bond motifs is 1. The summed E-state index contributed by atoms with van der Waals surface area (Å²) in [5.74, 6) is 1.43. The van der Waals surface area contributed by atoms with Crippen molar-refractivity contribution in [3.8, 4) is 0 Å². The van der Waals surface area contributed by atoms with Crippen molar-refractivity contribution in [2.45, 2.75) is 77.6 Å². The van der Waals surface area contributed by atoms with Crippen LogP contribution < -0.4 is 0 Å². The zero-order valence-corrected chi connectivity index (χ0v) is 12.4. The summed E-state index contributed by atoms with van der Waals surface area (Å²) in [5, 5.41) is 0. The van der Waals surface area contributed by atoms with Gasteiger partial charge in [-0.05, 0) is 60.6 Å². The number of hydrogen-bond donors (Lipinski definition) is 0. The summed E-state index contributed by atoms with van der Waals surface area (Å²) < 4.78 is 0. The minimum atomic E-state index is 0.255. The number of aromatic nitrogens is 1. The van der Waals surface area contributed by atoms with E-state index in [2.05, 4.69) is 34.6 Å². The second-order valence-electron chi connectivity index (χ2n) is 7.32. The summed E-state index contributed by atoms with van der Waals surface area (Å²) >= 11 is 0. The van der Waals surface area contributed by atoms with Crippen LogP contribution in [0.4, 0.5) is 0 Å². The van der Waals surface area contributed by atoms with Crippen molar-refractivity contribution in [3.63, 3.8) is 0 Å². The van der Waals surface area contributed by atoms with E-state index in [1.54, 1.807) is 11.1 Å². The van der Waals surface area contributed by atoms with E-state index in [4.69, 9.17) is 4.98 Å². The Labute approximate surface area is 111 Å². The molecule has 2 aliphatic rings. The molecule has 0 saturated heterocycles. The average Bonchev–Trinajstić information content (AvgIpc) is 3.02. The molecule has 18 heavy (non-hydrogen) atoms. The highest BCUT2D eigenvalue weighted by Gasteiger charge is 2.35. The average molecular weight is 243 g/mol. The summed E-state index contributed by atoms with van der Waals surface area (Å²) in [6.07, 6.45) is 5.23. The lowest BCUT2D eigenvalue weighted by Crippen LogP contribution is -2.19. The molecule has 1 unspecified atom stereocenters. The van der Waals surface area contributed by atoms with Crippen LogP contribution in [0.15, 0.2) is 0 Å². The second-order valence-corrected chi connectivity index (χ2v) is 7.32. The van der Waals surface area contributed by atoms with E-state index < -0.39 is 0 Å². The molecule has 1 aromatic rings. The van der Waals surface area contributed by atoms with Gasteiger partial charge >= 0.3 is 0 Å². The standard InChI is InChI=1S/C17H25N/c1-10-6-9-13-14(17(3,4)5)11(2)16(12-7-8-12)18-15(10)13/h10,12H,6-9H2,1-5H3. The van der Waals surface area contributed by atoms with Gasteiger partial charge in [0.15, 0.2) is 0 Å². The third-order valence-electron chi connectivity index (χ3n) is 4.62. The fourth-order valence-electron chi connectivity index (χ4n) is 3.69. The Morgan fingerprint density at radius 1 is 1.06 bits per heavy atom. The molecule has 0 aromatic carbocycles. The molecule has 0 N–H and O–H groups in total. The van der Waals surface area contributed by atoms with Crippen LogP contribution in [0.3, 0.4) is 0 Å². The van der Waals surface area contributed by atoms with Crippen molar-refractivity contribution in [1.82, 2.24) is 4.98 Å². The zero-order valence-electron chi connectivity index (χ0n) is 12.4. The summed E-state index contributed by atoms with van der Waals surface area (Å²) in [7, 11) is 0. The Hall–Kier alpha value is -0.850. The monoisotopic (exact) mass is 243 g/mol. The molecule has 1 aromatic heterocycles. The highest BCUT2D eigenvalue weighted by Crippen LogP contribution is 2.46. The van der Waals surface area contributed by atoms with Gasteiger partial charge in [0, 0.05) is 17.3 Å². The van der Waals surface area contributed by atoms with Crippen LogP contribution in [-0.4, -0.2) is 4.98 Å². The molecule has 0 spiro atoms. The molecule has 1 heterocycles. The molecule has 1 saturated carbocycles. The lowest BCUT2D eigenvalue weighted by Gasteiger charge is -2.27.